The average Bonchev–Trinajstić information content (AvgIpc) is 3.16. The molecule has 0 aliphatic carbocycles. The van der Waals surface area contributed by atoms with Crippen LogP contribution in [0, 0.1) is 5.92 Å². The van der Waals surface area contributed by atoms with Gasteiger partial charge in [-0.05, 0) is 49.7 Å². The van der Waals surface area contributed by atoms with Crippen LogP contribution < -0.4 is 4.74 Å². The molecule has 3 atom stereocenters. The summed E-state index contributed by atoms with van der Waals surface area (Å²) in [5.41, 5.74) is 2.68. The van der Waals surface area contributed by atoms with E-state index in [1.807, 2.05) is 55.5 Å². The number of ether oxygens (including phenoxy) is 2. The van der Waals surface area contributed by atoms with Gasteiger partial charge in [-0.2, -0.15) is 10.2 Å². The molecule has 0 aromatic heterocycles. The Balaban J connectivity index is 1.60. The Kier molecular flexibility index (Phi) is 5.90. The van der Waals surface area contributed by atoms with Gasteiger partial charge in [-0.15, -0.1) is 0 Å². The lowest BCUT2D eigenvalue weighted by Gasteiger charge is -2.34. The number of carbonyl (C=O) groups excluding carboxylic acids is 1. The summed E-state index contributed by atoms with van der Waals surface area (Å²) in [5.74, 6) is 1.01. The van der Waals surface area contributed by atoms with E-state index in [1.54, 1.807) is 0 Å². The van der Waals surface area contributed by atoms with E-state index in [2.05, 4.69) is 22.1 Å². The summed E-state index contributed by atoms with van der Waals surface area (Å²) >= 11 is 0. The predicted molar refractivity (Wildman–Crippen MR) is 111 cm³/mol. The highest BCUT2D eigenvalue weighted by Gasteiger charge is 2.48. The number of hydrogen-bond donors (Lipinski definition) is 0. The number of fused-ring (bicyclic) bond motifs is 3. The first-order chi connectivity index (χ1) is 14.2. The molecule has 2 aromatic rings. The van der Waals surface area contributed by atoms with Crippen LogP contribution in [0.3, 0.4) is 0 Å². The Morgan fingerprint density at radius 1 is 1.14 bits per heavy atom. The van der Waals surface area contributed by atoms with E-state index in [-0.39, 0.29) is 24.0 Å². The number of likely N-dealkylation sites (N-methyl/N-ethyl adjacent to an activating group) is 1. The fraction of sp³-hybridized carbons (Fsp3) is 0.435. The number of esters is 1. The number of likely N-dealkylation sites (tertiary alicyclic amines) is 1. The summed E-state index contributed by atoms with van der Waals surface area (Å²) in [6, 6.07) is 15.5. The Morgan fingerprint density at radius 3 is 2.69 bits per heavy atom. The minimum Gasteiger partial charge on any atom is -0.493 e. The van der Waals surface area contributed by atoms with Crippen molar-refractivity contribution in [1.82, 2.24) is 4.90 Å². The van der Waals surface area contributed by atoms with E-state index < -0.39 is 0 Å². The van der Waals surface area contributed by atoms with Crippen molar-refractivity contribution in [1.29, 1.82) is 0 Å². The van der Waals surface area contributed by atoms with Gasteiger partial charge in [-0.3, -0.25) is 9.69 Å². The second-order valence-corrected chi connectivity index (χ2v) is 7.52. The van der Waals surface area contributed by atoms with Crippen LogP contribution >= 0.6 is 0 Å². The lowest BCUT2D eigenvalue weighted by molar-refractivity contribution is -0.149. The molecule has 2 heterocycles. The monoisotopic (exact) mass is 393 g/mol. The molecule has 6 nitrogen and oxygen atoms in total. The third-order valence-electron chi connectivity index (χ3n) is 5.62. The van der Waals surface area contributed by atoms with Gasteiger partial charge in [0.2, 0.25) is 0 Å². The van der Waals surface area contributed by atoms with E-state index in [1.165, 1.54) is 0 Å². The zero-order valence-electron chi connectivity index (χ0n) is 17.0. The van der Waals surface area contributed by atoms with E-state index in [0.717, 1.165) is 42.1 Å². The molecule has 6 heteroatoms. The van der Waals surface area contributed by atoms with Crippen LogP contribution in [0.15, 0.2) is 58.8 Å². The molecule has 2 aliphatic heterocycles. The molecule has 29 heavy (non-hydrogen) atoms. The van der Waals surface area contributed by atoms with Crippen molar-refractivity contribution in [3.05, 3.63) is 54.1 Å². The number of rotatable bonds is 6. The SMILES string of the molecule is CCCOC(=O)C1C[C@@H]2COc3ccc(N=Nc4ccccc4)cc3[C@@H]2N1CC. The normalized spacial score (nSPS) is 23.4. The zero-order valence-corrected chi connectivity index (χ0v) is 17.0. The molecule has 152 valence electrons. The molecule has 1 unspecified atom stereocenters. The predicted octanol–water partition coefficient (Wildman–Crippen LogP) is 5.20. The molecule has 0 amide bonds. The molecule has 0 radical (unpaired) electrons. The maximum absolute atomic E-state index is 12.6. The quantitative estimate of drug-likeness (QED) is 0.500. The van der Waals surface area contributed by atoms with E-state index in [0.29, 0.717) is 13.2 Å². The Bertz CT molecular complexity index is 884. The lowest BCUT2D eigenvalue weighted by atomic mass is 9.90. The van der Waals surface area contributed by atoms with Crippen LogP contribution in [0.1, 0.15) is 38.3 Å². The van der Waals surface area contributed by atoms with Crippen LogP contribution in [0.25, 0.3) is 0 Å². The van der Waals surface area contributed by atoms with Gasteiger partial charge < -0.3 is 9.47 Å². The second-order valence-electron chi connectivity index (χ2n) is 7.52. The smallest absolute Gasteiger partial charge is 0.323 e. The van der Waals surface area contributed by atoms with Crippen molar-refractivity contribution in [2.24, 2.45) is 16.1 Å². The van der Waals surface area contributed by atoms with Crippen LogP contribution in [0.2, 0.25) is 0 Å². The van der Waals surface area contributed by atoms with Gasteiger partial charge in [0, 0.05) is 17.5 Å². The summed E-state index contributed by atoms with van der Waals surface area (Å²) in [7, 11) is 0. The molecule has 0 saturated carbocycles. The van der Waals surface area contributed by atoms with Crippen LogP contribution in [-0.4, -0.2) is 36.7 Å². The highest BCUT2D eigenvalue weighted by atomic mass is 16.5. The van der Waals surface area contributed by atoms with Gasteiger partial charge >= 0.3 is 5.97 Å². The summed E-state index contributed by atoms with van der Waals surface area (Å²) < 4.78 is 11.5. The van der Waals surface area contributed by atoms with Gasteiger partial charge in [0.1, 0.15) is 11.8 Å². The minimum atomic E-state index is -0.217. The highest BCUT2D eigenvalue weighted by molar-refractivity contribution is 5.76. The molecule has 2 aromatic carbocycles. The molecular weight excluding hydrogens is 366 g/mol. The first-order valence-electron chi connectivity index (χ1n) is 10.4. The van der Waals surface area contributed by atoms with Gasteiger partial charge in [0.25, 0.3) is 0 Å². The number of carbonyl (C=O) groups is 1. The Morgan fingerprint density at radius 2 is 1.93 bits per heavy atom. The second kappa shape index (κ2) is 8.74. The lowest BCUT2D eigenvalue weighted by Crippen LogP contribution is -2.39. The third-order valence-corrected chi connectivity index (χ3v) is 5.62. The Labute approximate surface area is 171 Å². The minimum absolute atomic E-state index is 0.121. The first kappa shape index (κ1) is 19.6. The number of azo groups is 1. The standard InChI is InChI=1S/C23H27N3O3/c1-3-12-28-23(27)20-13-16-15-29-21-11-10-18(14-19(21)22(16)26(20)4-2)25-24-17-8-6-5-7-9-17/h5-11,14,16,20,22H,3-4,12-13,15H2,1-2H3/t16-,20?,22-/m1/s1. The van der Waals surface area contributed by atoms with Gasteiger partial charge in [-0.1, -0.05) is 32.0 Å². The van der Waals surface area contributed by atoms with Gasteiger partial charge in [0.05, 0.1) is 24.6 Å². The number of hydrogen-bond acceptors (Lipinski definition) is 6. The highest BCUT2D eigenvalue weighted by Crippen LogP contribution is 2.48. The fourth-order valence-electron chi connectivity index (χ4n) is 4.32. The van der Waals surface area contributed by atoms with Crippen molar-refractivity contribution < 1.29 is 14.3 Å². The molecular formula is C23H27N3O3. The third kappa shape index (κ3) is 4.03. The maximum atomic E-state index is 12.6. The molecule has 1 saturated heterocycles. The van der Waals surface area contributed by atoms with Crippen molar-refractivity contribution in [2.75, 3.05) is 19.8 Å². The molecule has 0 spiro atoms. The molecule has 0 N–H and O–H groups in total. The van der Waals surface area contributed by atoms with Crippen molar-refractivity contribution in [3.8, 4) is 5.75 Å². The van der Waals surface area contributed by atoms with Crippen LogP contribution in [0.4, 0.5) is 11.4 Å². The van der Waals surface area contributed by atoms with Gasteiger partial charge in [0.15, 0.2) is 0 Å². The summed E-state index contributed by atoms with van der Waals surface area (Å²) in [4.78, 5) is 14.9. The van der Waals surface area contributed by atoms with E-state index in [9.17, 15) is 4.79 Å². The van der Waals surface area contributed by atoms with Crippen LogP contribution in [-0.2, 0) is 9.53 Å². The molecule has 0 bridgehead atoms. The van der Waals surface area contributed by atoms with Gasteiger partial charge in [-0.25, -0.2) is 0 Å². The molecule has 4 rings (SSSR count). The largest absolute Gasteiger partial charge is 0.493 e. The molecule has 1 fully saturated rings. The summed E-state index contributed by atoms with van der Waals surface area (Å²) in [5, 5.41) is 8.73. The van der Waals surface area contributed by atoms with E-state index in [4.69, 9.17) is 9.47 Å². The fourth-order valence-corrected chi connectivity index (χ4v) is 4.32. The first-order valence-corrected chi connectivity index (χ1v) is 10.4. The van der Waals surface area contributed by atoms with Crippen molar-refractivity contribution in [2.45, 2.75) is 38.8 Å². The van der Waals surface area contributed by atoms with E-state index >= 15 is 0 Å². The maximum Gasteiger partial charge on any atom is 0.323 e. The molecule has 2 aliphatic rings. The number of benzene rings is 2. The van der Waals surface area contributed by atoms with Crippen molar-refractivity contribution in [3.63, 3.8) is 0 Å². The number of nitrogens with zero attached hydrogens (tertiary/aromatic N) is 3. The van der Waals surface area contributed by atoms with Crippen molar-refractivity contribution >= 4 is 17.3 Å². The Hall–Kier alpha value is -2.73. The zero-order chi connectivity index (χ0) is 20.2. The van der Waals surface area contributed by atoms with Crippen LogP contribution in [0.5, 0.6) is 5.75 Å². The topological polar surface area (TPSA) is 63.5 Å². The summed E-state index contributed by atoms with van der Waals surface area (Å²) in [6.07, 6.45) is 1.59. The average molecular weight is 393 g/mol. The summed E-state index contributed by atoms with van der Waals surface area (Å²) in [6.45, 7) is 5.98.